The summed E-state index contributed by atoms with van der Waals surface area (Å²) in [7, 11) is 0. The maximum Gasteiger partial charge on any atom is 0.0631 e. The van der Waals surface area contributed by atoms with Gasteiger partial charge in [0.05, 0.1) is 11.7 Å². The molecule has 12 heavy (non-hydrogen) atoms. The van der Waals surface area contributed by atoms with Crippen LogP contribution in [0.25, 0.3) is 0 Å². The first-order chi connectivity index (χ1) is 5.29. The zero-order chi connectivity index (χ0) is 9.41. The van der Waals surface area contributed by atoms with Crippen LogP contribution in [0.2, 0.25) is 0 Å². The maximum atomic E-state index is 5.92. The zero-order valence-corrected chi connectivity index (χ0v) is 9.11. The largest absolute Gasteiger partial charge is 0.372 e. The van der Waals surface area contributed by atoms with Gasteiger partial charge in [-0.2, -0.15) is 0 Å². The summed E-state index contributed by atoms with van der Waals surface area (Å²) in [5, 5.41) is 0. The Hall–Kier alpha value is -0.0400. The minimum atomic E-state index is 0.135. The van der Waals surface area contributed by atoms with Crippen molar-refractivity contribution in [1.82, 2.24) is 0 Å². The lowest BCUT2D eigenvalue weighted by Gasteiger charge is -2.25. The van der Waals surface area contributed by atoms with E-state index in [-0.39, 0.29) is 5.60 Å². The molecule has 0 aromatic rings. The summed E-state index contributed by atoms with van der Waals surface area (Å²) in [5.74, 6) is 0. The second kappa shape index (κ2) is 3.02. The summed E-state index contributed by atoms with van der Waals surface area (Å²) in [6.45, 7) is 11.2. The fraction of sp³-hybridized carbons (Fsp3) is 1.00. The van der Waals surface area contributed by atoms with Gasteiger partial charge < -0.3 is 4.74 Å². The van der Waals surface area contributed by atoms with E-state index in [0.717, 1.165) is 0 Å². The molecule has 1 unspecified atom stereocenters. The predicted octanol–water partition coefficient (Wildman–Crippen LogP) is 3.38. The Balaban J connectivity index is 2.39. The molecule has 0 bridgehead atoms. The van der Waals surface area contributed by atoms with Crippen molar-refractivity contribution in [3.8, 4) is 0 Å². The minimum Gasteiger partial charge on any atom is -0.372 e. The second-order valence-electron chi connectivity index (χ2n) is 5.80. The van der Waals surface area contributed by atoms with Crippen LogP contribution in [0.5, 0.6) is 0 Å². The monoisotopic (exact) mass is 170 g/mol. The van der Waals surface area contributed by atoms with Gasteiger partial charge in [-0.15, -0.1) is 0 Å². The third-order valence-electron chi connectivity index (χ3n) is 2.39. The summed E-state index contributed by atoms with van der Waals surface area (Å²) < 4.78 is 5.92. The number of rotatable bonds is 1. The molecule has 1 atom stereocenters. The molecule has 1 heterocycles. The van der Waals surface area contributed by atoms with Crippen LogP contribution in [-0.4, -0.2) is 11.7 Å². The fourth-order valence-electron chi connectivity index (χ4n) is 1.90. The highest BCUT2D eigenvalue weighted by molar-refractivity contribution is 4.83. The highest BCUT2D eigenvalue weighted by atomic mass is 16.5. The predicted molar refractivity (Wildman–Crippen MR) is 52.3 cm³/mol. The summed E-state index contributed by atoms with van der Waals surface area (Å²) in [6.07, 6.45) is 4.15. The molecule has 1 aliphatic rings. The van der Waals surface area contributed by atoms with Gasteiger partial charge in [0.15, 0.2) is 0 Å². The molecule has 0 radical (unpaired) electrons. The summed E-state index contributed by atoms with van der Waals surface area (Å²) in [5.41, 5.74) is 0.543. The lowest BCUT2D eigenvalue weighted by atomic mass is 9.88. The average Bonchev–Trinajstić information content (AvgIpc) is 2.05. The average molecular weight is 170 g/mol. The van der Waals surface area contributed by atoms with E-state index in [1.54, 1.807) is 0 Å². The normalized spacial score (nSPS) is 29.2. The molecule has 0 N–H and O–H groups in total. The van der Waals surface area contributed by atoms with Crippen LogP contribution in [0, 0.1) is 5.41 Å². The Morgan fingerprint density at radius 1 is 1.33 bits per heavy atom. The second-order valence-corrected chi connectivity index (χ2v) is 5.80. The third kappa shape index (κ3) is 3.14. The molecule has 1 saturated heterocycles. The molecule has 0 aromatic heterocycles. The zero-order valence-electron chi connectivity index (χ0n) is 9.11. The van der Waals surface area contributed by atoms with E-state index in [1.165, 1.54) is 19.3 Å². The van der Waals surface area contributed by atoms with Gasteiger partial charge in [-0.05, 0) is 38.5 Å². The first kappa shape index (κ1) is 10.0. The van der Waals surface area contributed by atoms with E-state index >= 15 is 0 Å². The van der Waals surface area contributed by atoms with Gasteiger partial charge in [0.25, 0.3) is 0 Å². The summed E-state index contributed by atoms with van der Waals surface area (Å²) >= 11 is 0. The highest BCUT2D eigenvalue weighted by Gasteiger charge is 2.33. The molecule has 1 aliphatic heterocycles. The van der Waals surface area contributed by atoms with Crippen molar-refractivity contribution in [3.63, 3.8) is 0 Å². The Bertz CT molecular complexity index is 153. The molecule has 0 aromatic carbocycles. The van der Waals surface area contributed by atoms with Gasteiger partial charge in [-0.3, -0.25) is 0 Å². The summed E-state index contributed by atoms with van der Waals surface area (Å²) in [4.78, 5) is 0. The lowest BCUT2D eigenvalue weighted by Crippen LogP contribution is -2.23. The van der Waals surface area contributed by atoms with Crippen molar-refractivity contribution in [2.75, 3.05) is 0 Å². The van der Waals surface area contributed by atoms with Crippen LogP contribution >= 0.6 is 0 Å². The van der Waals surface area contributed by atoms with Crippen molar-refractivity contribution in [2.24, 2.45) is 5.41 Å². The van der Waals surface area contributed by atoms with Gasteiger partial charge in [0.1, 0.15) is 0 Å². The molecule has 1 rings (SSSR count). The Morgan fingerprint density at radius 2 is 1.92 bits per heavy atom. The van der Waals surface area contributed by atoms with Gasteiger partial charge in [-0.25, -0.2) is 0 Å². The van der Waals surface area contributed by atoms with Crippen molar-refractivity contribution < 1.29 is 4.74 Å². The Morgan fingerprint density at radius 3 is 2.25 bits per heavy atom. The SMILES string of the molecule is CC(C)(C)CC1CCC(C)(C)O1. The first-order valence-electron chi connectivity index (χ1n) is 4.96. The minimum absolute atomic E-state index is 0.135. The van der Waals surface area contributed by atoms with Crippen LogP contribution in [0.3, 0.4) is 0 Å². The maximum absolute atomic E-state index is 5.92. The Labute approximate surface area is 76.5 Å². The van der Waals surface area contributed by atoms with Crippen molar-refractivity contribution in [1.29, 1.82) is 0 Å². The van der Waals surface area contributed by atoms with E-state index < -0.39 is 0 Å². The molecule has 1 nitrogen and oxygen atoms in total. The van der Waals surface area contributed by atoms with Gasteiger partial charge in [-0.1, -0.05) is 20.8 Å². The van der Waals surface area contributed by atoms with Crippen LogP contribution in [0.15, 0.2) is 0 Å². The molecule has 0 spiro atoms. The highest BCUT2D eigenvalue weighted by Crippen LogP contribution is 2.35. The van der Waals surface area contributed by atoms with Crippen LogP contribution < -0.4 is 0 Å². The molecule has 1 fully saturated rings. The van der Waals surface area contributed by atoms with Crippen molar-refractivity contribution >= 4 is 0 Å². The van der Waals surface area contributed by atoms with E-state index in [0.29, 0.717) is 11.5 Å². The Kier molecular flexibility index (Phi) is 2.53. The van der Waals surface area contributed by atoms with Crippen LogP contribution in [0.4, 0.5) is 0 Å². The van der Waals surface area contributed by atoms with Crippen LogP contribution in [-0.2, 0) is 4.74 Å². The number of hydrogen-bond donors (Lipinski definition) is 0. The molecule has 0 amide bonds. The smallest absolute Gasteiger partial charge is 0.0631 e. The molecule has 0 saturated carbocycles. The van der Waals surface area contributed by atoms with Gasteiger partial charge in [0.2, 0.25) is 0 Å². The quantitative estimate of drug-likeness (QED) is 0.586. The fourth-order valence-corrected chi connectivity index (χ4v) is 1.90. The van der Waals surface area contributed by atoms with Gasteiger partial charge in [0, 0.05) is 0 Å². The topological polar surface area (TPSA) is 9.23 Å². The molecule has 0 aliphatic carbocycles. The lowest BCUT2D eigenvalue weighted by molar-refractivity contribution is -0.0300. The third-order valence-corrected chi connectivity index (χ3v) is 2.39. The van der Waals surface area contributed by atoms with E-state index in [4.69, 9.17) is 4.74 Å². The number of ether oxygens (including phenoxy) is 1. The summed E-state index contributed by atoms with van der Waals surface area (Å²) in [6, 6.07) is 0. The van der Waals surface area contributed by atoms with Crippen molar-refractivity contribution in [3.05, 3.63) is 0 Å². The van der Waals surface area contributed by atoms with Gasteiger partial charge >= 0.3 is 0 Å². The van der Waals surface area contributed by atoms with E-state index in [2.05, 4.69) is 34.6 Å². The van der Waals surface area contributed by atoms with Crippen LogP contribution in [0.1, 0.15) is 53.9 Å². The number of hydrogen-bond acceptors (Lipinski definition) is 1. The molecular formula is C11H22O. The standard InChI is InChI=1S/C11H22O/c1-10(2,3)8-9-6-7-11(4,5)12-9/h9H,6-8H2,1-5H3. The van der Waals surface area contributed by atoms with E-state index in [9.17, 15) is 0 Å². The molecule has 72 valence electrons. The molecule has 1 heteroatoms. The van der Waals surface area contributed by atoms with Crippen molar-refractivity contribution in [2.45, 2.75) is 65.6 Å². The molecular weight excluding hydrogens is 148 g/mol. The first-order valence-corrected chi connectivity index (χ1v) is 4.96. The van der Waals surface area contributed by atoms with E-state index in [1.807, 2.05) is 0 Å².